The Labute approximate surface area is 226 Å². The number of hydrogen-bond donors (Lipinski definition) is 2. The molecule has 0 radical (unpaired) electrons. The summed E-state index contributed by atoms with van der Waals surface area (Å²) >= 11 is 0. The lowest BCUT2D eigenvalue weighted by atomic mass is 10.1. The van der Waals surface area contributed by atoms with E-state index < -0.39 is 0 Å². The number of benzene rings is 1. The number of pyridine rings is 1. The van der Waals surface area contributed by atoms with Crippen molar-refractivity contribution in [2.45, 2.75) is 33.2 Å². The predicted octanol–water partition coefficient (Wildman–Crippen LogP) is 3.14. The predicted molar refractivity (Wildman–Crippen MR) is 148 cm³/mol. The van der Waals surface area contributed by atoms with Crippen molar-refractivity contribution in [3.05, 3.63) is 47.8 Å². The number of carbonyl (C=O) groups is 2. The van der Waals surface area contributed by atoms with Crippen LogP contribution in [-0.4, -0.2) is 62.4 Å². The molecule has 202 valence electrons. The molecule has 6 rings (SSSR count). The zero-order valence-electron chi connectivity index (χ0n) is 22.4. The van der Waals surface area contributed by atoms with E-state index in [2.05, 4.69) is 32.2 Å². The summed E-state index contributed by atoms with van der Waals surface area (Å²) in [4.78, 5) is 37.4. The Kier molecular flexibility index (Phi) is 6.51. The van der Waals surface area contributed by atoms with Crippen LogP contribution in [0.1, 0.15) is 35.8 Å². The molecule has 1 fully saturated rings. The lowest BCUT2D eigenvalue weighted by molar-refractivity contribution is -0.118. The highest BCUT2D eigenvalue weighted by atomic mass is 16.5. The summed E-state index contributed by atoms with van der Waals surface area (Å²) in [6, 6.07) is 9.36. The van der Waals surface area contributed by atoms with Crippen LogP contribution in [0.2, 0.25) is 0 Å². The van der Waals surface area contributed by atoms with Crippen LogP contribution in [0.15, 0.2) is 36.5 Å². The second-order valence-electron chi connectivity index (χ2n) is 10.4. The number of piperazine rings is 1. The van der Waals surface area contributed by atoms with Gasteiger partial charge in [-0.2, -0.15) is 5.10 Å². The van der Waals surface area contributed by atoms with Gasteiger partial charge in [0.15, 0.2) is 0 Å². The molecule has 0 saturated carbocycles. The Hall–Kier alpha value is -4.25. The summed E-state index contributed by atoms with van der Waals surface area (Å²) in [5.74, 6) is 1.17. The number of rotatable bonds is 1. The minimum atomic E-state index is -0.273. The number of aromatic nitrogens is 5. The maximum atomic E-state index is 13.6. The SMILES string of the molecule is Cc1cc2cc(n1)-c1cnn(C)c1OCCC[C@@H](C)Cn1c(nc3ccc(N4CCNCC4=O)cc31)NC2=O. The van der Waals surface area contributed by atoms with Crippen LogP contribution in [0.5, 0.6) is 5.88 Å². The Morgan fingerprint density at radius 2 is 2.00 bits per heavy atom. The van der Waals surface area contributed by atoms with Crippen molar-refractivity contribution in [1.29, 1.82) is 0 Å². The van der Waals surface area contributed by atoms with E-state index in [1.165, 1.54) is 0 Å². The molecule has 2 aliphatic rings. The van der Waals surface area contributed by atoms with E-state index in [-0.39, 0.29) is 17.7 Å². The molecular formula is C28H32N8O3. The molecular weight excluding hydrogens is 496 g/mol. The average Bonchev–Trinajstić information content (AvgIpc) is 3.45. The van der Waals surface area contributed by atoms with Gasteiger partial charge in [0, 0.05) is 43.6 Å². The molecule has 0 unspecified atom stereocenters. The normalized spacial score (nSPS) is 18.5. The van der Waals surface area contributed by atoms with Crippen molar-refractivity contribution in [3.63, 3.8) is 0 Å². The molecule has 11 nitrogen and oxygen atoms in total. The lowest BCUT2D eigenvalue weighted by Gasteiger charge is -2.27. The van der Waals surface area contributed by atoms with Crippen molar-refractivity contribution >= 4 is 34.5 Å². The van der Waals surface area contributed by atoms with Gasteiger partial charge >= 0.3 is 0 Å². The van der Waals surface area contributed by atoms with Gasteiger partial charge < -0.3 is 19.5 Å². The van der Waals surface area contributed by atoms with E-state index in [0.29, 0.717) is 55.0 Å². The number of hydrogen-bond acceptors (Lipinski definition) is 7. The van der Waals surface area contributed by atoms with E-state index in [0.717, 1.165) is 41.7 Å². The van der Waals surface area contributed by atoms with Crippen LogP contribution in [0.4, 0.5) is 11.6 Å². The first kappa shape index (κ1) is 25.1. The first-order chi connectivity index (χ1) is 18.9. The van der Waals surface area contributed by atoms with Crippen LogP contribution < -0.4 is 20.3 Å². The average molecular weight is 529 g/mol. The third-order valence-electron chi connectivity index (χ3n) is 7.31. The molecule has 2 bridgehead atoms. The van der Waals surface area contributed by atoms with E-state index in [4.69, 9.17) is 9.72 Å². The van der Waals surface area contributed by atoms with Gasteiger partial charge in [0.2, 0.25) is 17.7 Å². The van der Waals surface area contributed by atoms with Crippen LogP contribution in [-0.2, 0) is 18.4 Å². The summed E-state index contributed by atoms with van der Waals surface area (Å²) in [6.07, 6.45) is 3.49. The molecule has 5 heterocycles. The highest BCUT2D eigenvalue weighted by Crippen LogP contribution is 2.31. The number of aryl methyl sites for hydroxylation is 2. The molecule has 2 N–H and O–H groups in total. The Bertz CT molecular complexity index is 1570. The molecule has 1 saturated heterocycles. The topological polar surface area (TPSA) is 119 Å². The maximum Gasteiger partial charge on any atom is 0.258 e. The summed E-state index contributed by atoms with van der Waals surface area (Å²) < 4.78 is 9.92. The second-order valence-corrected chi connectivity index (χ2v) is 10.4. The third kappa shape index (κ3) is 4.85. The number of imidazole rings is 1. The number of ether oxygens (including phenoxy) is 1. The van der Waals surface area contributed by atoms with Crippen LogP contribution in [0.3, 0.4) is 0 Å². The van der Waals surface area contributed by atoms with Crippen molar-refractivity contribution in [3.8, 4) is 17.1 Å². The maximum absolute atomic E-state index is 13.6. The minimum Gasteiger partial charge on any atom is -0.477 e. The van der Waals surface area contributed by atoms with Crippen LogP contribution >= 0.6 is 0 Å². The zero-order chi connectivity index (χ0) is 27.1. The Morgan fingerprint density at radius 1 is 1.13 bits per heavy atom. The van der Waals surface area contributed by atoms with Gasteiger partial charge in [-0.25, -0.2) is 9.67 Å². The number of amides is 2. The summed E-state index contributed by atoms with van der Waals surface area (Å²) in [6.45, 7) is 6.93. The lowest BCUT2D eigenvalue weighted by Crippen LogP contribution is -2.48. The molecule has 11 heteroatoms. The largest absolute Gasteiger partial charge is 0.477 e. The molecule has 39 heavy (non-hydrogen) atoms. The first-order valence-electron chi connectivity index (χ1n) is 13.3. The zero-order valence-corrected chi connectivity index (χ0v) is 22.4. The molecule has 2 aliphatic heterocycles. The highest BCUT2D eigenvalue weighted by molar-refractivity contribution is 6.05. The van der Waals surface area contributed by atoms with Crippen LogP contribution in [0.25, 0.3) is 22.3 Å². The van der Waals surface area contributed by atoms with E-state index in [1.807, 2.05) is 32.2 Å². The van der Waals surface area contributed by atoms with Gasteiger partial charge in [-0.05, 0) is 56.0 Å². The van der Waals surface area contributed by atoms with Gasteiger partial charge in [0.25, 0.3) is 5.91 Å². The Balaban J connectivity index is 1.43. The summed E-state index contributed by atoms with van der Waals surface area (Å²) in [7, 11) is 1.84. The number of carbonyl (C=O) groups excluding carboxylic acids is 2. The highest BCUT2D eigenvalue weighted by Gasteiger charge is 2.23. The van der Waals surface area contributed by atoms with Crippen molar-refractivity contribution in [2.75, 3.05) is 36.5 Å². The molecule has 1 atom stereocenters. The molecule has 3 aromatic heterocycles. The van der Waals surface area contributed by atoms with E-state index in [9.17, 15) is 9.59 Å². The smallest absolute Gasteiger partial charge is 0.258 e. The number of anilines is 2. The molecule has 1 aromatic carbocycles. The standard InChI is InChI=1S/C28H32N8O3/c1-17-5-4-10-39-27-21(14-30-34(27)3)23-12-19(11-18(2)31-23)26(38)33-28-32-22-7-6-20(13-24(22)36(28)16-17)35-9-8-29-15-25(35)37/h6-7,11-14,17,29H,4-5,8-10,15-16H2,1-3H3,(H,32,33,38)/t17-/m1/s1. The van der Waals surface area contributed by atoms with Crippen molar-refractivity contribution in [2.24, 2.45) is 13.0 Å². The second kappa shape index (κ2) is 10.1. The van der Waals surface area contributed by atoms with Gasteiger partial charge in [-0.1, -0.05) is 6.92 Å². The molecule has 0 spiro atoms. The van der Waals surface area contributed by atoms with Gasteiger partial charge in [-0.3, -0.25) is 19.9 Å². The van der Waals surface area contributed by atoms with Gasteiger partial charge in [-0.15, -0.1) is 0 Å². The van der Waals surface area contributed by atoms with Crippen LogP contribution in [0, 0.1) is 12.8 Å². The summed E-state index contributed by atoms with van der Waals surface area (Å²) in [5, 5.41) is 10.5. The fourth-order valence-corrected chi connectivity index (χ4v) is 5.33. The van der Waals surface area contributed by atoms with Gasteiger partial charge in [0.1, 0.15) is 0 Å². The van der Waals surface area contributed by atoms with Crippen molar-refractivity contribution < 1.29 is 14.3 Å². The Morgan fingerprint density at radius 3 is 2.85 bits per heavy atom. The monoisotopic (exact) mass is 528 g/mol. The third-order valence-corrected chi connectivity index (χ3v) is 7.31. The summed E-state index contributed by atoms with van der Waals surface area (Å²) in [5.41, 5.74) is 5.04. The number of nitrogens with one attached hydrogen (secondary N) is 2. The van der Waals surface area contributed by atoms with E-state index >= 15 is 0 Å². The number of fused-ring (bicyclic) bond motifs is 7. The molecule has 4 aromatic rings. The quantitative estimate of drug-likeness (QED) is 0.390. The van der Waals surface area contributed by atoms with Gasteiger partial charge in [0.05, 0.1) is 41.6 Å². The first-order valence-corrected chi connectivity index (χ1v) is 13.3. The fraction of sp³-hybridized carbons (Fsp3) is 0.393. The van der Waals surface area contributed by atoms with E-state index in [1.54, 1.807) is 27.9 Å². The number of nitrogens with zero attached hydrogens (tertiary/aromatic N) is 6. The fourth-order valence-electron chi connectivity index (χ4n) is 5.33. The van der Waals surface area contributed by atoms with Crippen molar-refractivity contribution in [1.82, 2.24) is 29.6 Å². The molecule has 0 aliphatic carbocycles. The molecule has 2 amide bonds. The minimum absolute atomic E-state index is 0.0409.